The zero-order chi connectivity index (χ0) is 21.4. The number of amides is 1. The molecular formula is C24H33NO4. The fourth-order valence-electron chi connectivity index (χ4n) is 3.08. The first-order valence-electron chi connectivity index (χ1n) is 9.96. The second kappa shape index (κ2) is 10.3. The quantitative estimate of drug-likeness (QED) is 0.671. The topological polar surface area (TPSA) is 56.8 Å². The van der Waals surface area contributed by atoms with E-state index in [2.05, 4.69) is 24.4 Å². The zero-order valence-electron chi connectivity index (χ0n) is 18.4. The van der Waals surface area contributed by atoms with E-state index in [4.69, 9.17) is 14.2 Å². The highest BCUT2D eigenvalue weighted by Gasteiger charge is 2.21. The number of nitrogens with one attached hydrogen (secondary N) is 1. The lowest BCUT2D eigenvalue weighted by Crippen LogP contribution is -2.44. The highest BCUT2D eigenvalue weighted by Crippen LogP contribution is 2.24. The Bertz CT molecular complexity index is 773. The molecule has 0 heterocycles. The summed E-state index contributed by atoms with van der Waals surface area (Å²) in [5.74, 6) is 0.842. The molecule has 1 amide bonds. The Balaban J connectivity index is 2.00. The number of benzene rings is 2. The molecule has 0 radical (unpaired) electrons. The van der Waals surface area contributed by atoms with Gasteiger partial charge in [-0.2, -0.15) is 0 Å². The lowest BCUT2D eigenvalue weighted by Gasteiger charge is -2.24. The minimum absolute atomic E-state index is 0.290. The molecule has 0 saturated carbocycles. The predicted octanol–water partition coefficient (Wildman–Crippen LogP) is 5.10. The van der Waals surface area contributed by atoms with Gasteiger partial charge in [-0.15, -0.1) is 0 Å². The molecule has 2 rings (SSSR count). The minimum Gasteiger partial charge on any atom is -0.491 e. The Morgan fingerprint density at radius 2 is 1.62 bits per heavy atom. The van der Waals surface area contributed by atoms with E-state index < -0.39 is 11.7 Å². The van der Waals surface area contributed by atoms with Gasteiger partial charge >= 0.3 is 6.09 Å². The van der Waals surface area contributed by atoms with Crippen LogP contribution < -0.4 is 10.1 Å². The van der Waals surface area contributed by atoms with E-state index in [9.17, 15) is 4.79 Å². The summed E-state index contributed by atoms with van der Waals surface area (Å²) in [5, 5.41) is 2.87. The molecule has 5 heteroatoms. The van der Waals surface area contributed by atoms with Crippen LogP contribution in [-0.4, -0.2) is 30.9 Å². The second-order valence-electron chi connectivity index (χ2n) is 8.38. The molecule has 2 aromatic rings. The van der Waals surface area contributed by atoms with Crippen LogP contribution in [0, 0.1) is 20.8 Å². The molecule has 2 aromatic carbocycles. The monoisotopic (exact) mass is 399 g/mol. The fourth-order valence-corrected chi connectivity index (χ4v) is 3.08. The second-order valence-corrected chi connectivity index (χ2v) is 8.38. The van der Waals surface area contributed by atoms with E-state index in [1.54, 1.807) is 0 Å². The number of hydrogen-bond donors (Lipinski definition) is 1. The molecule has 29 heavy (non-hydrogen) atoms. The summed E-state index contributed by atoms with van der Waals surface area (Å²) < 4.78 is 17.3. The molecule has 0 aliphatic heterocycles. The van der Waals surface area contributed by atoms with Crippen LogP contribution in [0.1, 0.15) is 43.0 Å². The average molecular weight is 400 g/mol. The molecule has 158 valence electrons. The van der Waals surface area contributed by atoms with Crippen LogP contribution >= 0.6 is 0 Å². The molecule has 1 atom stereocenters. The van der Waals surface area contributed by atoms with E-state index in [1.807, 2.05) is 65.0 Å². The van der Waals surface area contributed by atoms with Crippen LogP contribution in [0.15, 0.2) is 42.5 Å². The van der Waals surface area contributed by atoms with Gasteiger partial charge < -0.3 is 19.5 Å². The molecular weight excluding hydrogens is 366 g/mol. The summed E-state index contributed by atoms with van der Waals surface area (Å²) in [5.41, 5.74) is 3.86. The third-order valence-corrected chi connectivity index (χ3v) is 4.18. The van der Waals surface area contributed by atoms with E-state index in [-0.39, 0.29) is 6.04 Å². The lowest BCUT2D eigenvalue weighted by molar-refractivity contribution is 0.0381. The Kier molecular flexibility index (Phi) is 8.09. The highest BCUT2D eigenvalue weighted by molar-refractivity contribution is 5.68. The van der Waals surface area contributed by atoms with Gasteiger partial charge in [0.25, 0.3) is 0 Å². The first-order chi connectivity index (χ1) is 13.6. The summed E-state index contributed by atoms with van der Waals surface area (Å²) in [6, 6.07) is 13.8. The van der Waals surface area contributed by atoms with Gasteiger partial charge in [-0.1, -0.05) is 48.0 Å². The molecule has 0 aliphatic carbocycles. The van der Waals surface area contributed by atoms with Gasteiger partial charge in [-0.05, 0) is 58.2 Å². The van der Waals surface area contributed by atoms with Crippen LogP contribution in [-0.2, 0) is 16.1 Å². The van der Waals surface area contributed by atoms with Crippen molar-refractivity contribution in [2.45, 2.75) is 59.8 Å². The number of aryl methyl sites for hydroxylation is 3. The molecule has 0 unspecified atom stereocenters. The predicted molar refractivity (Wildman–Crippen MR) is 115 cm³/mol. The fraction of sp³-hybridized carbons (Fsp3) is 0.458. The lowest BCUT2D eigenvalue weighted by atomic mass is 10.1. The Hall–Kier alpha value is -2.53. The third kappa shape index (κ3) is 8.16. The van der Waals surface area contributed by atoms with Crippen molar-refractivity contribution in [1.82, 2.24) is 5.32 Å². The highest BCUT2D eigenvalue weighted by atomic mass is 16.6. The molecule has 1 N–H and O–H groups in total. The first-order valence-corrected chi connectivity index (χ1v) is 9.96. The van der Waals surface area contributed by atoms with Crippen molar-refractivity contribution in [3.8, 4) is 5.75 Å². The van der Waals surface area contributed by atoms with Crippen molar-refractivity contribution in [2.24, 2.45) is 0 Å². The maximum Gasteiger partial charge on any atom is 0.408 e. The normalized spacial score (nSPS) is 12.3. The van der Waals surface area contributed by atoms with Gasteiger partial charge in [-0.25, -0.2) is 4.79 Å². The standard InChI is InChI=1S/C24H33NO4/c1-17-12-18(2)22(19(3)13-17)28-16-21(25-23(26)29-24(4,5)6)15-27-14-20-10-8-7-9-11-20/h7-13,21H,14-16H2,1-6H3,(H,25,26)/t21-/m0/s1. The van der Waals surface area contributed by atoms with Gasteiger partial charge in [0.2, 0.25) is 0 Å². The van der Waals surface area contributed by atoms with Gasteiger partial charge in [0.05, 0.1) is 19.3 Å². The molecule has 0 spiro atoms. The van der Waals surface area contributed by atoms with E-state index in [0.29, 0.717) is 19.8 Å². The van der Waals surface area contributed by atoms with Crippen molar-refractivity contribution < 1.29 is 19.0 Å². The summed E-state index contributed by atoms with van der Waals surface area (Å²) in [6.45, 7) is 12.7. The van der Waals surface area contributed by atoms with Crippen LogP contribution in [0.5, 0.6) is 5.75 Å². The number of alkyl carbamates (subject to hydrolysis) is 1. The van der Waals surface area contributed by atoms with Gasteiger partial charge in [0.15, 0.2) is 0 Å². The summed E-state index contributed by atoms with van der Waals surface area (Å²) >= 11 is 0. The van der Waals surface area contributed by atoms with Crippen LogP contribution in [0.25, 0.3) is 0 Å². The number of carbonyl (C=O) groups is 1. The van der Waals surface area contributed by atoms with Crippen molar-refractivity contribution >= 4 is 6.09 Å². The maximum absolute atomic E-state index is 12.2. The summed E-state index contributed by atoms with van der Waals surface area (Å²) in [4.78, 5) is 12.2. The number of carbonyl (C=O) groups excluding carboxylic acids is 1. The molecule has 0 saturated heterocycles. The zero-order valence-corrected chi connectivity index (χ0v) is 18.4. The molecule has 0 aliphatic rings. The van der Waals surface area contributed by atoms with Crippen LogP contribution in [0.3, 0.4) is 0 Å². The van der Waals surface area contributed by atoms with Crippen molar-refractivity contribution in [2.75, 3.05) is 13.2 Å². The van der Waals surface area contributed by atoms with Crippen LogP contribution in [0.2, 0.25) is 0 Å². The first kappa shape index (κ1) is 22.8. The average Bonchev–Trinajstić information content (AvgIpc) is 2.59. The van der Waals surface area contributed by atoms with Crippen LogP contribution in [0.4, 0.5) is 4.79 Å². The van der Waals surface area contributed by atoms with E-state index >= 15 is 0 Å². The van der Waals surface area contributed by atoms with Gasteiger partial charge in [-0.3, -0.25) is 0 Å². The van der Waals surface area contributed by atoms with Crippen molar-refractivity contribution in [3.05, 3.63) is 64.7 Å². The smallest absolute Gasteiger partial charge is 0.408 e. The molecule has 0 bridgehead atoms. The molecule has 0 fully saturated rings. The Morgan fingerprint density at radius 3 is 2.21 bits per heavy atom. The Labute approximate surface area is 174 Å². The van der Waals surface area contributed by atoms with E-state index in [1.165, 1.54) is 5.56 Å². The minimum atomic E-state index is -0.565. The van der Waals surface area contributed by atoms with Crippen molar-refractivity contribution in [3.63, 3.8) is 0 Å². The maximum atomic E-state index is 12.2. The summed E-state index contributed by atoms with van der Waals surface area (Å²) in [7, 11) is 0. The van der Waals surface area contributed by atoms with Gasteiger partial charge in [0, 0.05) is 0 Å². The summed E-state index contributed by atoms with van der Waals surface area (Å²) in [6.07, 6.45) is -0.480. The van der Waals surface area contributed by atoms with E-state index in [0.717, 1.165) is 22.4 Å². The Morgan fingerprint density at radius 1 is 1.00 bits per heavy atom. The third-order valence-electron chi connectivity index (χ3n) is 4.18. The number of rotatable bonds is 8. The number of hydrogen-bond acceptors (Lipinski definition) is 4. The van der Waals surface area contributed by atoms with Crippen molar-refractivity contribution in [1.29, 1.82) is 0 Å². The largest absolute Gasteiger partial charge is 0.491 e. The molecule has 0 aromatic heterocycles. The SMILES string of the molecule is Cc1cc(C)c(OC[C@H](COCc2ccccc2)NC(=O)OC(C)(C)C)c(C)c1. The molecule has 5 nitrogen and oxygen atoms in total. The number of ether oxygens (including phenoxy) is 3. The van der Waals surface area contributed by atoms with Gasteiger partial charge in [0.1, 0.15) is 18.0 Å².